The zero-order valence-electron chi connectivity index (χ0n) is 9.28. The number of carbonyl (C=O) groups excluding carboxylic acids is 1. The summed E-state index contributed by atoms with van der Waals surface area (Å²) >= 11 is 0. The Morgan fingerprint density at radius 3 is 2.73 bits per heavy atom. The fourth-order valence-corrected chi connectivity index (χ4v) is 1.17. The first-order valence-electron chi connectivity index (χ1n) is 4.95. The van der Waals surface area contributed by atoms with Crippen molar-refractivity contribution in [1.82, 2.24) is 0 Å². The van der Waals surface area contributed by atoms with E-state index in [2.05, 4.69) is 18.8 Å². The van der Waals surface area contributed by atoms with Gasteiger partial charge in [0.15, 0.2) is 0 Å². The second-order valence-electron chi connectivity index (χ2n) is 3.86. The fourth-order valence-electron chi connectivity index (χ4n) is 1.17. The molecule has 0 bridgehead atoms. The van der Waals surface area contributed by atoms with E-state index in [4.69, 9.17) is 4.74 Å². The molecule has 0 saturated carbocycles. The Labute approximate surface area is 89.8 Å². The lowest BCUT2D eigenvalue weighted by Gasteiger charge is -2.10. The molecular weight excluding hydrogens is 190 g/mol. The molecule has 0 atom stereocenters. The monoisotopic (exact) mass is 205 g/mol. The minimum absolute atomic E-state index is 0.497. The highest BCUT2D eigenvalue weighted by Crippen LogP contribution is 2.23. The molecule has 0 N–H and O–H groups in total. The van der Waals surface area contributed by atoms with Crippen LogP contribution in [0, 0.1) is 12.8 Å². The Morgan fingerprint density at radius 2 is 2.20 bits per heavy atom. The van der Waals surface area contributed by atoms with Crippen LogP contribution in [-0.2, 0) is 4.79 Å². The maximum atomic E-state index is 10.1. The highest BCUT2D eigenvalue weighted by molar-refractivity contribution is 5.52. The third kappa shape index (κ3) is 3.56. The molecule has 1 rings (SSSR count). The average molecular weight is 205 g/mol. The maximum absolute atomic E-state index is 10.1. The summed E-state index contributed by atoms with van der Waals surface area (Å²) in [6.07, 6.45) is 1.52. The van der Waals surface area contributed by atoms with Crippen LogP contribution in [0.25, 0.3) is 0 Å². The lowest BCUT2D eigenvalue weighted by molar-refractivity contribution is 0.269. The van der Waals surface area contributed by atoms with Gasteiger partial charge in [-0.2, -0.15) is 4.99 Å². The van der Waals surface area contributed by atoms with Gasteiger partial charge < -0.3 is 4.74 Å². The van der Waals surface area contributed by atoms with Crippen LogP contribution in [-0.4, -0.2) is 12.7 Å². The SMILES string of the molecule is Cc1cc(N=C=O)ccc1OCC(C)C. The van der Waals surface area contributed by atoms with Gasteiger partial charge >= 0.3 is 0 Å². The third-order valence-electron chi connectivity index (χ3n) is 1.91. The van der Waals surface area contributed by atoms with E-state index in [9.17, 15) is 4.79 Å². The average Bonchev–Trinajstić information content (AvgIpc) is 2.17. The van der Waals surface area contributed by atoms with Crippen molar-refractivity contribution in [1.29, 1.82) is 0 Å². The molecule has 0 aromatic heterocycles. The number of benzene rings is 1. The molecule has 80 valence electrons. The van der Waals surface area contributed by atoms with E-state index in [0.717, 1.165) is 11.3 Å². The Morgan fingerprint density at radius 1 is 1.47 bits per heavy atom. The van der Waals surface area contributed by atoms with Crippen LogP contribution in [0.2, 0.25) is 0 Å². The molecule has 1 aromatic rings. The molecule has 0 amide bonds. The van der Waals surface area contributed by atoms with Gasteiger partial charge in [0.25, 0.3) is 0 Å². The largest absolute Gasteiger partial charge is 0.493 e. The Kier molecular flexibility index (Phi) is 4.07. The molecule has 0 radical (unpaired) electrons. The van der Waals surface area contributed by atoms with Gasteiger partial charge in [-0.1, -0.05) is 13.8 Å². The fraction of sp³-hybridized carbons (Fsp3) is 0.417. The number of nitrogens with zero attached hydrogens (tertiary/aromatic N) is 1. The smallest absolute Gasteiger partial charge is 0.240 e. The van der Waals surface area contributed by atoms with E-state index >= 15 is 0 Å². The van der Waals surface area contributed by atoms with Crippen molar-refractivity contribution in [2.75, 3.05) is 6.61 Å². The van der Waals surface area contributed by atoms with Gasteiger partial charge in [-0.25, -0.2) is 4.79 Å². The van der Waals surface area contributed by atoms with Gasteiger partial charge in [-0.15, -0.1) is 0 Å². The summed E-state index contributed by atoms with van der Waals surface area (Å²) in [5.74, 6) is 1.34. The molecule has 0 unspecified atom stereocenters. The van der Waals surface area contributed by atoms with E-state index in [1.54, 1.807) is 12.1 Å². The minimum Gasteiger partial charge on any atom is -0.493 e. The van der Waals surface area contributed by atoms with Crippen molar-refractivity contribution in [3.8, 4) is 5.75 Å². The van der Waals surface area contributed by atoms with E-state index in [0.29, 0.717) is 18.2 Å². The number of rotatable bonds is 4. The van der Waals surface area contributed by atoms with E-state index in [1.165, 1.54) is 6.08 Å². The molecule has 0 saturated heterocycles. The second kappa shape index (κ2) is 5.32. The first-order valence-corrected chi connectivity index (χ1v) is 4.95. The van der Waals surface area contributed by atoms with E-state index in [-0.39, 0.29) is 0 Å². The van der Waals surface area contributed by atoms with Gasteiger partial charge in [0.05, 0.1) is 12.3 Å². The topological polar surface area (TPSA) is 38.7 Å². The first-order chi connectivity index (χ1) is 7.13. The van der Waals surface area contributed by atoms with Gasteiger partial charge in [-0.3, -0.25) is 0 Å². The number of ether oxygens (including phenoxy) is 1. The first kappa shape index (κ1) is 11.5. The van der Waals surface area contributed by atoms with Gasteiger partial charge in [-0.05, 0) is 36.6 Å². The minimum atomic E-state index is 0.497. The summed E-state index contributed by atoms with van der Waals surface area (Å²) in [6.45, 7) is 6.82. The Hall–Kier alpha value is -1.60. The lowest BCUT2D eigenvalue weighted by atomic mass is 10.2. The van der Waals surface area contributed by atoms with Crippen LogP contribution in [0.1, 0.15) is 19.4 Å². The third-order valence-corrected chi connectivity index (χ3v) is 1.91. The molecule has 0 aliphatic rings. The quantitative estimate of drug-likeness (QED) is 0.560. The van der Waals surface area contributed by atoms with Crippen LogP contribution in [0.5, 0.6) is 5.75 Å². The van der Waals surface area contributed by atoms with Crippen LogP contribution >= 0.6 is 0 Å². The van der Waals surface area contributed by atoms with Gasteiger partial charge in [0.2, 0.25) is 6.08 Å². The van der Waals surface area contributed by atoms with Crippen molar-refractivity contribution < 1.29 is 9.53 Å². The molecule has 0 aliphatic heterocycles. The summed E-state index contributed by atoms with van der Waals surface area (Å²) in [4.78, 5) is 13.6. The number of hydrogen-bond donors (Lipinski definition) is 0. The molecule has 0 spiro atoms. The summed E-state index contributed by atoms with van der Waals surface area (Å²) in [5.41, 5.74) is 1.59. The molecule has 3 nitrogen and oxygen atoms in total. The number of aryl methyl sites for hydroxylation is 1. The highest BCUT2D eigenvalue weighted by Gasteiger charge is 2.02. The summed E-state index contributed by atoms with van der Waals surface area (Å²) in [6, 6.07) is 5.38. The summed E-state index contributed by atoms with van der Waals surface area (Å²) < 4.78 is 5.59. The highest BCUT2D eigenvalue weighted by atomic mass is 16.5. The zero-order valence-corrected chi connectivity index (χ0v) is 9.28. The zero-order chi connectivity index (χ0) is 11.3. The number of hydrogen-bond acceptors (Lipinski definition) is 3. The van der Waals surface area contributed by atoms with Crippen LogP contribution < -0.4 is 4.74 Å². The van der Waals surface area contributed by atoms with Gasteiger partial charge in [0.1, 0.15) is 5.75 Å². The van der Waals surface area contributed by atoms with Crippen molar-refractivity contribution >= 4 is 11.8 Å². The van der Waals surface area contributed by atoms with Crippen LogP contribution in [0.4, 0.5) is 5.69 Å². The standard InChI is InChI=1S/C12H15NO2/c1-9(2)7-15-12-5-4-11(13-8-14)6-10(12)3/h4-6,9H,7H2,1-3H3. The van der Waals surface area contributed by atoms with Crippen molar-refractivity contribution in [3.05, 3.63) is 23.8 Å². The predicted molar refractivity (Wildman–Crippen MR) is 59.3 cm³/mol. The molecule has 3 heteroatoms. The van der Waals surface area contributed by atoms with Crippen LogP contribution in [0.15, 0.2) is 23.2 Å². The lowest BCUT2D eigenvalue weighted by Crippen LogP contribution is -2.05. The molecule has 0 fully saturated rings. The molecule has 15 heavy (non-hydrogen) atoms. The maximum Gasteiger partial charge on any atom is 0.240 e. The normalized spacial score (nSPS) is 9.87. The molecule has 0 aliphatic carbocycles. The Balaban J connectivity index is 2.78. The predicted octanol–water partition coefficient (Wildman–Crippen LogP) is 3.00. The summed E-state index contributed by atoms with van der Waals surface area (Å²) in [5, 5.41) is 0. The summed E-state index contributed by atoms with van der Waals surface area (Å²) in [7, 11) is 0. The Bertz CT molecular complexity index is 379. The molecule has 0 heterocycles. The molecular formula is C12H15NO2. The van der Waals surface area contributed by atoms with E-state index < -0.39 is 0 Å². The van der Waals surface area contributed by atoms with Crippen molar-refractivity contribution in [3.63, 3.8) is 0 Å². The van der Waals surface area contributed by atoms with Crippen molar-refractivity contribution in [2.24, 2.45) is 10.9 Å². The number of aliphatic imine (C=N–C) groups is 1. The van der Waals surface area contributed by atoms with Crippen molar-refractivity contribution in [2.45, 2.75) is 20.8 Å². The van der Waals surface area contributed by atoms with Crippen LogP contribution in [0.3, 0.4) is 0 Å². The molecule has 1 aromatic carbocycles. The van der Waals surface area contributed by atoms with E-state index in [1.807, 2.05) is 13.0 Å². The second-order valence-corrected chi connectivity index (χ2v) is 3.86. The van der Waals surface area contributed by atoms with Gasteiger partial charge in [0, 0.05) is 0 Å². The number of isocyanates is 1.